The maximum Gasteiger partial charge on any atom is 0.164 e. The summed E-state index contributed by atoms with van der Waals surface area (Å²) in [5.74, 6) is 1.71. The third kappa shape index (κ3) is 4.28. The molecule has 3 aromatic heterocycles. The number of halogens is 1. The number of furan rings is 2. The molecule has 0 saturated heterocycles. The van der Waals surface area contributed by atoms with E-state index in [0.717, 1.165) is 71.7 Å². The number of para-hydroxylation sites is 2. The summed E-state index contributed by atoms with van der Waals surface area (Å²) in [5, 5.41) is 4.69. The highest BCUT2D eigenvalue weighted by atomic mass is 35.5. The molecule has 212 valence electrons. The van der Waals surface area contributed by atoms with Gasteiger partial charge in [-0.1, -0.05) is 109 Å². The highest BCUT2D eigenvalue weighted by Crippen LogP contribution is 2.39. The first kappa shape index (κ1) is 25.7. The largest absolute Gasteiger partial charge is 0.456 e. The Balaban J connectivity index is 1.29. The molecule has 0 aliphatic heterocycles. The molecule has 5 nitrogen and oxygen atoms in total. The van der Waals surface area contributed by atoms with Gasteiger partial charge in [-0.3, -0.25) is 0 Å². The number of aromatic nitrogens is 3. The normalized spacial score (nSPS) is 11.7. The summed E-state index contributed by atoms with van der Waals surface area (Å²) in [6.07, 6.45) is 0. The summed E-state index contributed by atoms with van der Waals surface area (Å²) in [5.41, 5.74) is 8.01. The summed E-state index contributed by atoms with van der Waals surface area (Å²) >= 11 is 6.12. The fourth-order valence-corrected chi connectivity index (χ4v) is 6.25. The number of hydrogen-bond acceptors (Lipinski definition) is 5. The molecule has 0 saturated carbocycles. The molecule has 45 heavy (non-hydrogen) atoms. The van der Waals surface area contributed by atoms with E-state index in [1.807, 2.05) is 97.1 Å². The zero-order valence-electron chi connectivity index (χ0n) is 23.7. The zero-order chi connectivity index (χ0) is 29.9. The predicted molar refractivity (Wildman–Crippen MR) is 181 cm³/mol. The van der Waals surface area contributed by atoms with Crippen LogP contribution in [0.2, 0.25) is 5.02 Å². The van der Waals surface area contributed by atoms with Gasteiger partial charge in [-0.25, -0.2) is 15.0 Å². The van der Waals surface area contributed by atoms with E-state index >= 15 is 0 Å². The lowest BCUT2D eigenvalue weighted by molar-refractivity contribution is 0.668. The third-order valence-corrected chi connectivity index (χ3v) is 8.49. The lowest BCUT2D eigenvalue weighted by atomic mass is 10.0. The fourth-order valence-electron chi connectivity index (χ4n) is 6.12. The van der Waals surface area contributed by atoms with Crippen molar-refractivity contribution in [3.8, 4) is 45.3 Å². The Morgan fingerprint density at radius 1 is 0.378 bits per heavy atom. The molecule has 0 atom stereocenters. The van der Waals surface area contributed by atoms with Crippen molar-refractivity contribution >= 4 is 55.5 Å². The van der Waals surface area contributed by atoms with Gasteiger partial charge < -0.3 is 8.83 Å². The van der Waals surface area contributed by atoms with Gasteiger partial charge in [-0.05, 0) is 47.5 Å². The molecule has 0 bridgehead atoms. The van der Waals surface area contributed by atoms with Gasteiger partial charge in [0.05, 0.1) is 0 Å². The summed E-state index contributed by atoms with van der Waals surface area (Å²) < 4.78 is 12.4. The van der Waals surface area contributed by atoms with E-state index in [0.29, 0.717) is 22.5 Å². The first-order valence-corrected chi connectivity index (χ1v) is 15.0. The van der Waals surface area contributed by atoms with E-state index in [9.17, 15) is 0 Å². The SMILES string of the molecule is Clc1ccc(-c2ccc(-c3nc(-c4cccc5oc6ccccc6c45)nc(-c4cccc5oc6ccccc6c45)n3)cc2)cc1. The van der Waals surface area contributed by atoms with Gasteiger partial charge in [-0.15, -0.1) is 0 Å². The standard InChI is InChI=1S/C39H22ClN3O2/c40-26-21-19-24(20-22-26)23-15-17-25(18-16-23)37-41-38(29-9-5-13-33-35(29)27-7-1-3-11-31(27)44-33)43-39(42-37)30-10-6-14-34-36(30)28-8-2-4-12-32(28)45-34/h1-22H. The maximum absolute atomic E-state index is 6.21. The number of benzene rings is 6. The molecule has 0 N–H and O–H groups in total. The number of fused-ring (bicyclic) bond motifs is 6. The van der Waals surface area contributed by atoms with Crippen LogP contribution in [-0.2, 0) is 0 Å². The molecule has 0 unspecified atom stereocenters. The third-order valence-electron chi connectivity index (χ3n) is 8.24. The van der Waals surface area contributed by atoms with Crippen molar-refractivity contribution in [3.05, 3.63) is 138 Å². The maximum atomic E-state index is 6.21. The fraction of sp³-hybridized carbons (Fsp3) is 0. The Kier molecular flexibility index (Phi) is 5.80. The molecule has 6 heteroatoms. The molecule has 0 fully saturated rings. The smallest absolute Gasteiger partial charge is 0.164 e. The van der Waals surface area contributed by atoms with Crippen molar-refractivity contribution in [1.82, 2.24) is 15.0 Å². The van der Waals surface area contributed by atoms with E-state index in [-0.39, 0.29) is 0 Å². The van der Waals surface area contributed by atoms with Crippen molar-refractivity contribution in [2.24, 2.45) is 0 Å². The second-order valence-electron chi connectivity index (χ2n) is 10.9. The minimum absolute atomic E-state index is 0.568. The van der Waals surface area contributed by atoms with Gasteiger partial charge in [0.2, 0.25) is 0 Å². The summed E-state index contributed by atoms with van der Waals surface area (Å²) in [6, 6.07) is 44.2. The molecule has 0 amide bonds. The first-order chi connectivity index (χ1) is 22.2. The molecule has 3 heterocycles. The van der Waals surface area contributed by atoms with Gasteiger partial charge in [0.15, 0.2) is 17.5 Å². The summed E-state index contributed by atoms with van der Waals surface area (Å²) in [4.78, 5) is 15.3. The zero-order valence-corrected chi connectivity index (χ0v) is 24.5. The Labute approximate surface area is 262 Å². The Morgan fingerprint density at radius 2 is 0.800 bits per heavy atom. The molecular formula is C39H22ClN3O2. The monoisotopic (exact) mass is 599 g/mol. The van der Waals surface area contributed by atoms with Gasteiger partial charge in [0, 0.05) is 43.3 Å². The molecule has 0 aliphatic rings. The second-order valence-corrected chi connectivity index (χ2v) is 11.4. The van der Waals surface area contributed by atoms with Gasteiger partial charge in [0.1, 0.15) is 22.3 Å². The first-order valence-electron chi connectivity index (χ1n) is 14.6. The lowest BCUT2D eigenvalue weighted by Crippen LogP contribution is -2.00. The number of rotatable bonds is 4. The van der Waals surface area contributed by atoms with Crippen LogP contribution in [0.5, 0.6) is 0 Å². The quantitative estimate of drug-likeness (QED) is 0.201. The summed E-state index contributed by atoms with van der Waals surface area (Å²) in [6.45, 7) is 0. The van der Waals surface area contributed by atoms with Crippen LogP contribution >= 0.6 is 11.6 Å². The van der Waals surface area contributed by atoms with Crippen LogP contribution in [0.15, 0.2) is 142 Å². The van der Waals surface area contributed by atoms with Crippen LogP contribution in [0.25, 0.3) is 89.2 Å². The van der Waals surface area contributed by atoms with E-state index in [4.69, 9.17) is 35.4 Å². The number of nitrogens with zero attached hydrogens (tertiary/aromatic N) is 3. The van der Waals surface area contributed by atoms with E-state index in [1.165, 1.54) is 0 Å². The van der Waals surface area contributed by atoms with Gasteiger partial charge in [-0.2, -0.15) is 0 Å². The molecule has 0 radical (unpaired) electrons. The van der Waals surface area contributed by atoms with Crippen LogP contribution in [0.1, 0.15) is 0 Å². The molecule has 6 aromatic carbocycles. The van der Waals surface area contributed by atoms with Gasteiger partial charge in [0.25, 0.3) is 0 Å². The lowest BCUT2D eigenvalue weighted by Gasteiger charge is -2.10. The predicted octanol–water partition coefficient (Wildman–Crippen LogP) is 11.0. The van der Waals surface area contributed by atoms with Crippen LogP contribution in [0, 0.1) is 0 Å². The van der Waals surface area contributed by atoms with Crippen molar-refractivity contribution in [2.75, 3.05) is 0 Å². The molecule has 0 aliphatic carbocycles. The number of hydrogen-bond donors (Lipinski definition) is 0. The van der Waals surface area contributed by atoms with Crippen LogP contribution in [-0.4, -0.2) is 15.0 Å². The van der Waals surface area contributed by atoms with Crippen molar-refractivity contribution in [3.63, 3.8) is 0 Å². The van der Waals surface area contributed by atoms with E-state index in [1.54, 1.807) is 0 Å². The van der Waals surface area contributed by atoms with E-state index in [2.05, 4.69) is 36.4 Å². The average molecular weight is 600 g/mol. The van der Waals surface area contributed by atoms with Gasteiger partial charge >= 0.3 is 0 Å². The van der Waals surface area contributed by atoms with Crippen LogP contribution in [0.3, 0.4) is 0 Å². The van der Waals surface area contributed by atoms with Crippen LogP contribution < -0.4 is 0 Å². The minimum atomic E-state index is 0.568. The molecular weight excluding hydrogens is 578 g/mol. The highest BCUT2D eigenvalue weighted by Gasteiger charge is 2.20. The summed E-state index contributed by atoms with van der Waals surface area (Å²) in [7, 11) is 0. The topological polar surface area (TPSA) is 65.0 Å². The van der Waals surface area contributed by atoms with Crippen LogP contribution in [0.4, 0.5) is 0 Å². The average Bonchev–Trinajstić information content (AvgIpc) is 3.67. The van der Waals surface area contributed by atoms with Crippen molar-refractivity contribution < 1.29 is 8.83 Å². The molecule has 9 aromatic rings. The highest BCUT2D eigenvalue weighted by molar-refractivity contribution is 6.30. The Morgan fingerprint density at radius 3 is 1.33 bits per heavy atom. The Bertz CT molecular complexity index is 2420. The molecule has 9 rings (SSSR count). The minimum Gasteiger partial charge on any atom is -0.456 e. The molecule has 0 spiro atoms. The van der Waals surface area contributed by atoms with Crippen molar-refractivity contribution in [1.29, 1.82) is 0 Å². The Hall–Kier alpha value is -5.78. The van der Waals surface area contributed by atoms with Crippen molar-refractivity contribution in [2.45, 2.75) is 0 Å². The van der Waals surface area contributed by atoms with E-state index < -0.39 is 0 Å². The second kappa shape index (κ2) is 10.2.